The molecule has 2 aromatic carbocycles. The average molecular weight is 383 g/mol. The molecular weight excluding hydrogens is 357 g/mol. The van der Waals surface area contributed by atoms with Gasteiger partial charge in [0.2, 0.25) is 0 Å². The Bertz CT molecular complexity index is 852. The van der Waals surface area contributed by atoms with Crippen molar-refractivity contribution in [1.29, 1.82) is 0 Å². The Hall–Kier alpha value is -2.69. The van der Waals surface area contributed by atoms with Gasteiger partial charge in [-0.2, -0.15) is 0 Å². The third-order valence-corrected chi connectivity index (χ3v) is 5.55. The van der Waals surface area contributed by atoms with Crippen LogP contribution < -0.4 is 5.73 Å². The van der Waals surface area contributed by atoms with Gasteiger partial charge in [-0.15, -0.1) is 0 Å². The molecule has 2 aromatic rings. The molecule has 0 aromatic heterocycles. The van der Waals surface area contributed by atoms with Crippen LogP contribution in [-0.4, -0.2) is 17.5 Å². The maximum atomic E-state index is 13.0. The van der Waals surface area contributed by atoms with Gasteiger partial charge in [0, 0.05) is 12.0 Å². The van der Waals surface area contributed by atoms with Crippen LogP contribution in [0.4, 0.5) is 9.18 Å². The summed E-state index contributed by atoms with van der Waals surface area (Å²) in [6, 6.07) is 13.7. The molecule has 4 nitrogen and oxygen atoms in total. The number of carbonyl (C=O) groups excluding carboxylic acids is 2. The molecule has 0 unspecified atom stereocenters. The van der Waals surface area contributed by atoms with Crippen LogP contribution >= 0.6 is 0 Å². The summed E-state index contributed by atoms with van der Waals surface area (Å²) >= 11 is 0. The Morgan fingerprint density at radius 2 is 1.68 bits per heavy atom. The number of hydrogen-bond acceptors (Lipinski definition) is 3. The molecule has 1 saturated carbocycles. The number of benzene rings is 2. The van der Waals surface area contributed by atoms with Crippen LogP contribution in [0.15, 0.2) is 48.5 Å². The van der Waals surface area contributed by atoms with Gasteiger partial charge < -0.3 is 10.5 Å². The molecule has 0 radical (unpaired) electrons. The van der Waals surface area contributed by atoms with Gasteiger partial charge in [-0.05, 0) is 61.8 Å². The zero-order chi connectivity index (χ0) is 20.4. The van der Waals surface area contributed by atoms with Gasteiger partial charge in [0.25, 0.3) is 0 Å². The maximum Gasteiger partial charge on any atom is 0.405 e. The third kappa shape index (κ3) is 4.58. The SMILES string of the molecule is CC(C)(CC1(c2ccc(C(=O)Cc3ccc(F)cc3)cc2)CCC1)OC(N)=O. The Labute approximate surface area is 164 Å². The van der Waals surface area contributed by atoms with Crippen LogP contribution in [0.5, 0.6) is 0 Å². The highest BCUT2D eigenvalue weighted by Crippen LogP contribution is 2.49. The number of nitrogens with two attached hydrogens (primary N) is 1. The van der Waals surface area contributed by atoms with E-state index in [0.717, 1.165) is 30.4 Å². The predicted molar refractivity (Wildman–Crippen MR) is 106 cm³/mol. The lowest BCUT2D eigenvalue weighted by atomic mass is 9.60. The Kier molecular flexibility index (Phi) is 5.54. The van der Waals surface area contributed by atoms with Gasteiger partial charge in [0.15, 0.2) is 5.78 Å². The van der Waals surface area contributed by atoms with Crippen molar-refractivity contribution in [3.05, 3.63) is 71.0 Å². The second-order valence-electron chi connectivity index (χ2n) is 8.30. The first kappa shape index (κ1) is 20.1. The smallest absolute Gasteiger partial charge is 0.405 e. The fraction of sp³-hybridized carbons (Fsp3) is 0.391. The molecule has 1 fully saturated rings. The molecule has 28 heavy (non-hydrogen) atoms. The van der Waals surface area contributed by atoms with Gasteiger partial charge in [-0.25, -0.2) is 9.18 Å². The normalized spacial score (nSPS) is 15.5. The summed E-state index contributed by atoms with van der Waals surface area (Å²) in [5.74, 6) is -0.312. The first-order chi connectivity index (χ1) is 13.2. The predicted octanol–water partition coefficient (Wildman–Crippen LogP) is 4.94. The molecule has 0 aliphatic heterocycles. The summed E-state index contributed by atoms with van der Waals surface area (Å²) in [5.41, 5.74) is 7.07. The summed E-state index contributed by atoms with van der Waals surface area (Å²) in [7, 11) is 0. The summed E-state index contributed by atoms with van der Waals surface area (Å²) < 4.78 is 18.3. The molecule has 5 heteroatoms. The quantitative estimate of drug-likeness (QED) is 0.689. The number of primary amides is 1. The van der Waals surface area contributed by atoms with Crippen LogP contribution in [-0.2, 0) is 16.6 Å². The highest BCUT2D eigenvalue weighted by Gasteiger charge is 2.44. The van der Waals surface area contributed by atoms with Crippen molar-refractivity contribution < 1.29 is 18.7 Å². The number of amides is 1. The second kappa shape index (κ2) is 7.74. The van der Waals surface area contributed by atoms with Crippen LogP contribution in [0.25, 0.3) is 0 Å². The lowest BCUT2D eigenvalue weighted by Crippen LogP contribution is -2.44. The molecule has 0 bridgehead atoms. The number of hydrogen-bond donors (Lipinski definition) is 1. The maximum absolute atomic E-state index is 13.0. The molecular formula is C23H26FNO3. The van der Waals surface area contributed by atoms with E-state index < -0.39 is 11.7 Å². The molecule has 0 atom stereocenters. The van der Waals surface area contributed by atoms with E-state index >= 15 is 0 Å². The number of ketones is 1. The van der Waals surface area contributed by atoms with E-state index in [4.69, 9.17) is 10.5 Å². The minimum Gasteiger partial charge on any atom is -0.444 e. The fourth-order valence-electron chi connectivity index (χ4n) is 4.19. The van der Waals surface area contributed by atoms with E-state index in [1.54, 1.807) is 12.1 Å². The van der Waals surface area contributed by atoms with Crippen molar-refractivity contribution in [2.75, 3.05) is 0 Å². The number of Topliss-reactive ketones (excluding diaryl/α,β-unsaturated/α-hetero) is 1. The largest absolute Gasteiger partial charge is 0.444 e. The molecule has 1 aliphatic carbocycles. The monoisotopic (exact) mass is 383 g/mol. The van der Waals surface area contributed by atoms with Crippen molar-refractivity contribution in [3.63, 3.8) is 0 Å². The van der Waals surface area contributed by atoms with E-state index in [9.17, 15) is 14.0 Å². The minimum absolute atomic E-state index is 0.00166. The molecule has 1 amide bonds. The fourth-order valence-corrected chi connectivity index (χ4v) is 4.19. The first-order valence-corrected chi connectivity index (χ1v) is 9.56. The van der Waals surface area contributed by atoms with Gasteiger partial charge in [-0.3, -0.25) is 4.79 Å². The highest BCUT2D eigenvalue weighted by molar-refractivity contribution is 5.97. The van der Waals surface area contributed by atoms with Crippen molar-refractivity contribution in [3.8, 4) is 0 Å². The van der Waals surface area contributed by atoms with Crippen LogP contribution in [0.3, 0.4) is 0 Å². The zero-order valence-electron chi connectivity index (χ0n) is 16.3. The van der Waals surface area contributed by atoms with Gasteiger partial charge in [-0.1, -0.05) is 42.8 Å². The van der Waals surface area contributed by atoms with E-state index in [2.05, 4.69) is 0 Å². The minimum atomic E-state index is -0.763. The topological polar surface area (TPSA) is 69.4 Å². The Morgan fingerprint density at radius 3 is 2.18 bits per heavy atom. The lowest BCUT2D eigenvalue weighted by molar-refractivity contribution is 0.00508. The highest BCUT2D eigenvalue weighted by atomic mass is 19.1. The van der Waals surface area contributed by atoms with Crippen LogP contribution in [0, 0.1) is 5.82 Å². The summed E-state index contributed by atoms with van der Waals surface area (Å²) in [5, 5.41) is 0. The molecule has 0 spiro atoms. The van der Waals surface area contributed by atoms with Gasteiger partial charge >= 0.3 is 6.09 Å². The van der Waals surface area contributed by atoms with Crippen molar-refractivity contribution in [2.45, 2.75) is 57.0 Å². The molecule has 2 N–H and O–H groups in total. The van der Waals surface area contributed by atoms with E-state index in [0.29, 0.717) is 12.0 Å². The third-order valence-electron chi connectivity index (χ3n) is 5.55. The van der Waals surface area contributed by atoms with Crippen molar-refractivity contribution in [2.24, 2.45) is 5.73 Å². The number of halogens is 1. The zero-order valence-corrected chi connectivity index (χ0v) is 16.3. The first-order valence-electron chi connectivity index (χ1n) is 9.56. The summed E-state index contributed by atoms with van der Waals surface area (Å²) in [6.45, 7) is 3.75. The van der Waals surface area contributed by atoms with E-state index in [1.165, 1.54) is 12.1 Å². The van der Waals surface area contributed by atoms with Crippen LogP contribution in [0.2, 0.25) is 0 Å². The van der Waals surface area contributed by atoms with Crippen molar-refractivity contribution in [1.82, 2.24) is 0 Å². The van der Waals surface area contributed by atoms with Crippen molar-refractivity contribution >= 4 is 11.9 Å². The Balaban J connectivity index is 1.72. The number of carbonyl (C=O) groups is 2. The van der Waals surface area contributed by atoms with Crippen LogP contribution in [0.1, 0.15) is 61.0 Å². The molecule has 1 aliphatic rings. The molecule has 0 saturated heterocycles. The number of rotatable bonds is 7. The van der Waals surface area contributed by atoms with Gasteiger partial charge in [0.1, 0.15) is 11.4 Å². The summed E-state index contributed by atoms with van der Waals surface area (Å²) in [6.07, 6.45) is 3.32. The Morgan fingerprint density at radius 1 is 1.07 bits per heavy atom. The lowest BCUT2D eigenvalue weighted by Gasteiger charge is -2.46. The molecule has 3 rings (SSSR count). The van der Waals surface area contributed by atoms with Gasteiger partial charge in [0.05, 0.1) is 0 Å². The molecule has 0 heterocycles. The average Bonchev–Trinajstić information content (AvgIpc) is 2.59. The second-order valence-corrected chi connectivity index (χ2v) is 8.30. The molecule has 148 valence electrons. The standard InChI is InChI=1S/C23H26FNO3/c1-22(2,28-21(25)27)15-23(12-3-13-23)18-8-6-17(7-9-18)20(26)14-16-4-10-19(24)11-5-16/h4-11H,3,12-15H2,1-2H3,(H2,25,27). The van der Waals surface area contributed by atoms with E-state index in [-0.39, 0.29) is 23.4 Å². The van der Waals surface area contributed by atoms with E-state index in [1.807, 2.05) is 38.1 Å². The summed E-state index contributed by atoms with van der Waals surface area (Å²) in [4.78, 5) is 23.7. The number of ether oxygens (including phenoxy) is 1.